The van der Waals surface area contributed by atoms with Gasteiger partial charge in [0.05, 0.1) is 23.7 Å². The van der Waals surface area contributed by atoms with Gasteiger partial charge >= 0.3 is 0 Å². The molecule has 0 bridgehead atoms. The van der Waals surface area contributed by atoms with Crippen molar-refractivity contribution in [3.8, 4) is 0 Å². The van der Waals surface area contributed by atoms with Crippen LogP contribution in [0.15, 0.2) is 24.3 Å². The highest BCUT2D eigenvalue weighted by Gasteiger charge is 2.36. The van der Waals surface area contributed by atoms with Crippen LogP contribution in [0.1, 0.15) is 38.6 Å². The third kappa shape index (κ3) is 2.23. The Hall–Kier alpha value is -1.39. The van der Waals surface area contributed by atoms with Crippen molar-refractivity contribution in [1.29, 1.82) is 0 Å². The molecule has 2 heterocycles. The first kappa shape index (κ1) is 13.6. The Balaban J connectivity index is 2.12. The number of benzene rings is 1. The van der Waals surface area contributed by atoms with E-state index in [-0.39, 0.29) is 18.1 Å². The van der Waals surface area contributed by atoms with E-state index >= 15 is 0 Å². The van der Waals surface area contributed by atoms with Crippen molar-refractivity contribution >= 4 is 11.0 Å². The minimum atomic E-state index is 0.139. The fourth-order valence-electron chi connectivity index (χ4n) is 3.30. The molecule has 4 nitrogen and oxygen atoms in total. The number of aliphatic hydroxyl groups is 1. The third-order valence-corrected chi connectivity index (χ3v) is 4.39. The molecule has 1 saturated heterocycles. The summed E-state index contributed by atoms with van der Waals surface area (Å²) in [5.41, 5.74) is 2.31. The molecule has 0 saturated carbocycles. The van der Waals surface area contributed by atoms with Gasteiger partial charge in [-0.15, -0.1) is 0 Å². The Kier molecular flexibility index (Phi) is 3.52. The Morgan fingerprint density at radius 3 is 2.95 bits per heavy atom. The summed E-state index contributed by atoms with van der Waals surface area (Å²) in [4.78, 5) is 4.84. The van der Waals surface area contributed by atoms with E-state index in [1.54, 1.807) is 0 Å². The van der Waals surface area contributed by atoms with Gasteiger partial charge in [-0.2, -0.15) is 0 Å². The van der Waals surface area contributed by atoms with E-state index in [1.165, 1.54) is 12.8 Å². The summed E-state index contributed by atoms with van der Waals surface area (Å²) in [5, 5.41) is 13.0. The molecule has 2 aromatic rings. The van der Waals surface area contributed by atoms with E-state index < -0.39 is 0 Å². The van der Waals surface area contributed by atoms with E-state index in [0.29, 0.717) is 6.54 Å². The average molecular weight is 273 g/mol. The van der Waals surface area contributed by atoms with E-state index in [2.05, 4.69) is 29.8 Å². The molecule has 2 N–H and O–H groups in total. The normalized spacial score (nSPS) is 22.2. The summed E-state index contributed by atoms with van der Waals surface area (Å²) in [6.07, 6.45) is 2.41. The maximum absolute atomic E-state index is 9.38. The molecule has 0 aliphatic carbocycles. The van der Waals surface area contributed by atoms with Crippen LogP contribution in [0.2, 0.25) is 0 Å². The van der Waals surface area contributed by atoms with Crippen molar-refractivity contribution in [2.24, 2.45) is 5.41 Å². The molecule has 1 aliphatic heterocycles. The zero-order valence-corrected chi connectivity index (χ0v) is 12.3. The smallest absolute Gasteiger partial charge is 0.127 e. The number of nitrogens with zero attached hydrogens (tertiary/aromatic N) is 2. The maximum atomic E-state index is 9.38. The monoisotopic (exact) mass is 273 g/mol. The molecular weight excluding hydrogens is 250 g/mol. The molecule has 20 heavy (non-hydrogen) atoms. The predicted octanol–water partition coefficient (Wildman–Crippen LogP) is 2.48. The first-order valence-corrected chi connectivity index (χ1v) is 7.43. The lowest BCUT2D eigenvalue weighted by atomic mass is 9.77. The first-order valence-electron chi connectivity index (χ1n) is 7.43. The highest BCUT2D eigenvalue weighted by Crippen LogP contribution is 2.40. The summed E-state index contributed by atoms with van der Waals surface area (Å²) in [6.45, 7) is 6.37. The zero-order chi connectivity index (χ0) is 14.2. The molecular formula is C16H23N3O. The van der Waals surface area contributed by atoms with Crippen molar-refractivity contribution in [3.63, 3.8) is 0 Å². The largest absolute Gasteiger partial charge is 0.395 e. The number of nitrogens with one attached hydrogen (secondary N) is 1. The molecule has 4 heteroatoms. The molecule has 1 aliphatic rings. The summed E-state index contributed by atoms with van der Waals surface area (Å²) in [7, 11) is 0. The number of para-hydroxylation sites is 2. The van der Waals surface area contributed by atoms with Gasteiger partial charge in [0, 0.05) is 6.54 Å². The van der Waals surface area contributed by atoms with Crippen LogP contribution in [0.5, 0.6) is 0 Å². The highest BCUT2D eigenvalue weighted by molar-refractivity contribution is 5.76. The van der Waals surface area contributed by atoms with Crippen molar-refractivity contribution in [1.82, 2.24) is 14.9 Å². The molecule has 108 valence electrons. The highest BCUT2D eigenvalue weighted by atomic mass is 16.3. The van der Waals surface area contributed by atoms with Gasteiger partial charge in [-0.1, -0.05) is 26.0 Å². The number of hydrogen-bond donors (Lipinski definition) is 2. The van der Waals surface area contributed by atoms with Gasteiger partial charge in [0.15, 0.2) is 0 Å². The fraction of sp³-hybridized carbons (Fsp3) is 0.562. The second-order valence-electron chi connectivity index (χ2n) is 6.31. The molecule has 0 spiro atoms. The van der Waals surface area contributed by atoms with Crippen LogP contribution in [0.3, 0.4) is 0 Å². The minimum absolute atomic E-state index is 0.139. The van der Waals surface area contributed by atoms with Gasteiger partial charge in [-0.3, -0.25) is 0 Å². The minimum Gasteiger partial charge on any atom is -0.395 e. The molecule has 1 unspecified atom stereocenters. The molecule has 1 atom stereocenters. The van der Waals surface area contributed by atoms with Gasteiger partial charge in [0.25, 0.3) is 0 Å². The van der Waals surface area contributed by atoms with Gasteiger partial charge in [0.1, 0.15) is 5.82 Å². The lowest BCUT2D eigenvalue weighted by molar-refractivity contribution is 0.168. The number of aliphatic hydroxyl groups excluding tert-OH is 1. The van der Waals surface area contributed by atoms with Crippen LogP contribution in [-0.4, -0.2) is 27.8 Å². The Labute approximate surface area is 119 Å². The zero-order valence-electron chi connectivity index (χ0n) is 12.3. The summed E-state index contributed by atoms with van der Waals surface area (Å²) >= 11 is 0. The first-order chi connectivity index (χ1) is 9.63. The van der Waals surface area contributed by atoms with E-state index in [0.717, 1.165) is 23.4 Å². The second-order valence-corrected chi connectivity index (χ2v) is 6.31. The van der Waals surface area contributed by atoms with Gasteiger partial charge in [-0.25, -0.2) is 4.98 Å². The second kappa shape index (κ2) is 5.19. The number of hydrogen-bond acceptors (Lipinski definition) is 3. The van der Waals surface area contributed by atoms with Crippen LogP contribution in [0.4, 0.5) is 0 Å². The molecule has 1 aromatic carbocycles. The summed E-state index contributed by atoms with van der Waals surface area (Å²) in [5.74, 6) is 1.06. The third-order valence-electron chi connectivity index (χ3n) is 4.39. The lowest BCUT2D eigenvalue weighted by Gasteiger charge is -2.39. The topological polar surface area (TPSA) is 50.1 Å². The number of aromatic nitrogens is 2. The predicted molar refractivity (Wildman–Crippen MR) is 80.6 cm³/mol. The van der Waals surface area contributed by atoms with Crippen LogP contribution >= 0.6 is 0 Å². The Bertz CT molecular complexity index is 603. The van der Waals surface area contributed by atoms with Gasteiger partial charge in [-0.05, 0) is 36.9 Å². The van der Waals surface area contributed by atoms with Crippen LogP contribution in [0.25, 0.3) is 11.0 Å². The van der Waals surface area contributed by atoms with Crippen LogP contribution in [-0.2, 0) is 6.54 Å². The fourth-order valence-corrected chi connectivity index (χ4v) is 3.30. The van der Waals surface area contributed by atoms with Crippen molar-refractivity contribution < 1.29 is 5.11 Å². The Morgan fingerprint density at radius 1 is 1.40 bits per heavy atom. The molecule has 0 amide bonds. The maximum Gasteiger partial charge on any atom is 0.127 e. The molecule has 1 fully saturated rings. The van der Waals surface area contributed by atoms with Gasteiger partial charge < -0.3 is 15.0 Å². The van der Waals surface area contributed by atoms with Crippen LogP contribution < -0.4 is 5.32 Å². The number of imidazole rings is 1. The van der Waals surface area contributed by atoms with Crippen molar-refractivity contribution in [2.75, 3.05) is 13.2 Å². The van der Waals surface area contributed by atoms with E-state index in [4.69, 9.17) is 4.98 Å². The molecule has 1 aromatic heterocycles. The summed E-state index contributed by atoms with van der Waals surface area (Å²) in [6, 6.07) is 8.42. The molecule has 0 radical (unpaired) electrons. The van der Waals surface area contributed by atoms with Crippen molar-refractivity contribution in [3.05, 3.63) is 30.1 Å². The Morgan fingerprint density at radius 2 is 2.20 bits per heavy atom. The van der Waals surface area contributed by atoms with E-state index in [9.17, 15) is 5.11 Å². The van der Waals surface area contributed by atoms with Gasteiger partial charge in [0.2, 0.25) is 0 Å². The number of piperidine rings is 1. The average Bonchev–Trinajstić information content (AvgIpc) is 2.78. The van der Waals surface area contributed by atoms with Crippen molar-refractivity contribution in [2.45, 2.75) is 39.3 Å². The summed E-state index contributed by atoms with van der Waals surface area (Å²) < 4.78 is 2.17. The molecule has 3 rings (SSSR count). The lowest BCUT2D eigenvalue weighted by Crippen LogP contribution is -2.41. The SMILES string of the molecule is CC1(C)CCCNC1c1nc2ccccc2n1CCO. The van der Waals surface area contributed by atoms with Crippen LogP contribution in [0, 0.1) is 5.41 Å². The number of rotatable bonds is 3. The standard InChI is InChI=1S/C16H23N3O/c1-16(2)8-5-9-17-14(16)15-18-12-6-3-4-7-13(12)19(15)10-11-20/h3-4,6-7,14,17,20H,5,8-11H2,1-2H3. The quantitative estimate of drug-likeness (QED) is 0.903. The van der Waals surface area contributed by atoms with E-state index in [1.807, 2.05) is 18.2 Å². The number of fused-ring (bicyclic) bond motifs is 1.